The minimum atomic E-state index is -0.193. The number of pyridine rings is 1. The molecule has 4 rings (SSSR count). The van der Waals surface area contributed by atoms with Crippen LogP contribution in [0.3, 0.4) is 0 Å². The number of anilines is 1. The fraction of sp³-hybridized carbons (Fsp3) is 0.158. The Balaban J connectivity index is 2.16. The van der Waals surface area contributed by atoms with E-state index in [9.17, 15) is 4.79 Å². The molecule has 1 amide bonds. The van der Waals surface area contributed by atoms with E-state index in [-0.39, 0.29) is 5.91 Å². The van der Waals surface area contributed by atoms with Crippen LogP contribution in [0, 0.1) is 6.92 Å². The molecule has 7 nitrogen and oxygen atoms in total. The van der Waals surface area contributed by atoms with E-state index < -0.39 is 0 Å². The standard InChI is InChI=1S/C19H17N5O2/c1-11-16-17(21-12(2)25)22-14-9-10-15(26-3)23-19(14)24(16)18(20-11)13-7-5-4-6-8-13/h4-10H,1-3H3,(H,21,22,25). The Morgan fingerprint density at radius 2 is 1.85 bits per heavy atom. The Morgan fingerprint density at radius 1 is 1.08 bits per heavy atom. The number of carbonyl (C=O) groups excluding carboxylic acids is 1. The SMILES string of the molecule is COc1ccc2nc(NC(C)=O)c3c(C)nc(-c4ccccc4)n3c2n1. The number of fused-ring (bicyclic) bond motifs is 3. The van der Waals surface area contributed by atoms with Gasteiger partial charge in [-0.15, -0.1) is 0 Å². The minimum Gasteiger partial charge on any atom is -0.481 e. The van der Waals surface area contributed by atoms with Gasteiger partial charge < -0.3 is 10.1 Å². The summed E-state index contributed by atoms with van der Waals surface area (Å²) >= 11 is 0. The summed E-state index contributed by atoms with van der Waals surface area (Å²) in [6.45, 7) is 3.35. The van der Waals surface area contributed by atoms with Crippen LogP contribution in [0.4, 0.5) is 5.82 Å². The summed E-state index contributed by atoms with van der Waals surface area (Å²) in [5.74, 6) is 1.49. The van der Waals surface area contributed by atoms with Crippen LogP contribution in [0.2, 0.25) is 0 Å². The lowest BCUT2D eigenvalue weighted by Crippen LogP contribution is -2.10. The van der Waals surface area contributed by atoms with Gasteiger partial charge in [0, 0.05) is 18.6 Å². The van der Waals surface area contributed by atoms with Crippen molar-refractivity contribution in [2.75, 3.05) is 12.4 Å². The number of hydrogen-bond donors (Lipinski definition) is 1. The number of ether oxygens (including phenoxy) is 1. The topological polar surface area (TPSA) is 81.4 Å². The maximum absolute atomic E-state index is 11.7. The van der Waals surface area contributed by atoms with Crippen molar-refractivity contribution in [2.45, 2.75) is 13.8 Å². The molecule has 3 heterocycles. The molecule has 0 saturated carbocycles. The third-order valence-corrected chi connectivity index (χ3v) is 4.08. The van der Waals surface area contributed by atoms with Crippen LogP contribution in [0.1, 0.15) is 12.6 Å². The van der Waals surface area contributed by atoms with E-state index in [4.69, 9.17) is 9.72 Å². The fourth-order valence-corrected chi connectivity index (χ4v) is 3.01. The number of amides is 1. The molecule has 1 N–H and O–H groups in total. The first-order valence-corrected chi connectivity index (χ1v) is 8.15. The maximum atomic E-state index is 11.7. The lowest BCUT2D eigenvalue weighted by Gasteiger charge is -2.11. The quantitative estimate of drug-likeness (QED) is 0.615. The molecule has 0 spiro atoms. The summed E-state index contributed by atoms with van der Waals surface area (Å²) < 4.78 is 7.19. The molecule has 0 aliphatic carbocycles. The molecular weight excluding hydrogens is 330 g/mol. The Labute approximate surface area is 149 Å². The lowest BCUT2D eigenvalue weighted by molar-refractivity contribution is -0.114. The van der Waals surface area contributed by atoms with Crippen LogP contribution in [0.5, 0.6) is 5.88 Å². The van der Waals surface area contributed by atoms with Crippen molar-refractivity contribution in [2.24, 2.45) is 0 Å². The second kappa shape index (κ2) is 6.11. The zero-order valence-electron chi connectivity index (χ0n) is 14.6. The highest BCUT2D eigenvalue weighted by molar-refractivity contribution is 5.96. The van der Waals surface area contributed by atoms with Crippen LogP contribution >= 0.6 is 0 Å². The van der Waals surface area contributed by atoms with Crippen molar-refractivity contribution in [1.82, 2.24) is 19.4 Å². The molecule has 0 aliphatic heterocycles. The summed E-state index contributed by atoms with van der Waals surface area (Å²) in [7, 11) is 1.57. The van der Waals surface area contributed by atoms with E-state index in [0.717, 1.165) is 17.1 Å². The molecule has 0 bridgehead atoms. The summed E-state index contributed by atoms with van der Waals surface area (Å²) in [5.41, 5.74) is 3.67. The predicted octanol–water partition coefficient (Wildman–Crippen LogP) is 3.22. The monoisotopic (exact) mass is 347 g/mol. The van der Waals surface area contributed by atoms with Crippen molar-refractivity contribution in [3.05, 3.63) is 48.2 Å². The van der Waals surface area contributed by atoms with Crippen LogP contribution in [0.15, 0.2) is 42.5 Å². The summed E-state index contributed by atoms with van der Waals surface area (Å²) in [5, 5.41) is 2.80. The number of aryl methyl sites for hydroxylation is 1. The van der Waals surface area contributed by atoms with Gasteiger partial charge in [-0.25, -0.2) is 9.97 Å². The first kappa shape index (κ1) is 16.0. The number of imidazole rings is 1. The normalized spacial score (nSPS) is 11.0. The zero-order valence-corrected chi connectivity index (χ0v) is 14.6. The zero-order chi connectivity index (χ0) is 18.3. The number of nitrogens with zero attached hydrogens (tertiary/aromatic N) is 4. The van der Waals surface area contributed by atoms with Gasteiger partial charge in [0.2, 0.25) is 11.8 Å². The van der Waals surface area contributed by atoms with Crippen LogP contribution in [-0.2, 0) is 4.79 Å². The molecule has 0 fully saturated rings. The number of hydrogen-bond acceptors (Lipinski definition) is 5. The highest BCUT2D eigenvalue weighted by atomic mass is 16.5. The average molecular weight is 347 g/mol. The number of carbonyl (C=O) groups is 1. The Bertz CT molecular complexity index is 1140. The molecular formula is C19H17N5O2. The van der Waals surface area contributed by atoms with E-state index >= 15 is 0 Å². The first-order chi connectivity index (χ1) is 12.6. The first-order valence-electron chi connectivity index (χ1n) is 8.15. The number of rotatable bonds is 3. The van der Waals surface area contributed by atoms with Crippen molar-refractivity contribution >= 4 is 28.4 Å². The summed E-state index contributed by atoms with van der Waals surface area (Å²) in [6, 6.07) is 13.4. The van der Waals surface area contributed by atoms with E-state index in [1.165, 1.54) is 6.92 Å². The molecule has 7 heteroatoms. The van der Waals surface area contributed by atoms with Crippen molar-refractivity contribution in [3.8, 4) is 17.3 Å². The highest BCUT2D eigenvalue weighted by Crippen LogP contribution is 2.30. The minimum absolute atomic E-state index is 0.193. The van der Waals surface area contributed by atoms with Crippen molar-refractivity contribution < 1.29 is 9.53 Å². The fourth-order valence-electron chi connectivity index (χ4n) is 3.01. The van der Waals surface area contributed by atoms with Gasteiger partial charge >= 0.3 is 0 Å². The molecule has 4 aromatic rings. The summed E-state index contributed by atoms with van der Waals surface area (Å²) in [4.78, 5) is 25.5. The van der Waals surface area contributed by atoms with E-state index in [2.05, 4.69) is 15.3 Å². The van der Waals surface area contributed by atoms with Gasteiger partial charge in [0.1, 0.15) is 16.9 Å². The molecule has 26 heavy (non-hydrogen) atoms. The second-order valence-corrected chi connectivity index (χ2v) is 5.91. The van der Waals surface area contributed by atoms with Gasteiger partial charge in [0.25, 0.3) is 0 Å². The third kappa shape index (κ3) is 2.54. The lowest BCUT2D eigenvalue weighted by atomic mass is 10.2. The number of methoxy groups -OCH3 is 1. The summed E-state index contributed by atoms with van der Waals surface area (Å²) in [6.07, 6.45) is 0. The smallest absolute Gasteiger partial charge is 0.222 e. The van der Waals surface area contributed by atoms with Crippen LogP contribution in [-0.4, -0.2) is 32.4 Å². The number of benzene rings is 1. The second-order valence-electron chi connectivity index (χ2n) is 5.91. The molecule has 0 aliphatic rings. The van der Waals surface area contributed by atoms with Crippen LogP contribution < -0.4 is 10.1 Å². The van der Waals surface area contributed by atoms with Crippen molar-refractivity contribution in [1.29, 1.82) is 0 Å². The molecule has 0 atom stereocenters. The van der Waals surface area contributed by atoms with Gasteiger partial charge in [-0.2, -0.15) is 4.98 Å². The van der Waals surface area contributed by atoms with E-state index in [1.54, 1.807) is 13.2 Å². The van der Waals surface area contributed by atoms with Gasteiger partial charge in [-0.3, -0.25) is 9.20 Å². The van der Waals surface area contributed by atoms with Crippen LogP contribution in [0.25, 0.3) is 28.1 Å². The molecule has 0 radical (unpaired) electrons. The highest BCUT2D eigenvalue weighted by Gasteiger charge is 2.19. The maximum Gasteiger partial charge on any atom is 0.222 e. The van der Waals surface area contributed by atoms with Gasteiger partial charge in [-0.1, -0.05) is 30.3 Å². The van der Waals surface area contributed by atoms with Gasteiger partial charge in [0.05, 0.1) is 12.8 Å². The van der Waals surface area contributed by atoms with Crippen molar-refractivity contribution in [3.63, 3.8) is 0 Å². The van der Waals surface area contributed by atoms with E-state index in [1.807, 2.05) is 47.7 Å². The number of nitrogens with one attached hydrogen (secondary N) is 1. The molecule has 3 aromatic heterocycles. The Morgan fingerprint density at radius 3 is 2.54 bits per heavy atom. The third-order valence-electron chi connectivity index (χ3n) is 4.08. The molecule has 130 valence electrons. The van der Waals surface area contributed by atoms with Gasteiger partial charge in [-0.05, 0) is 13.0 Å². The molecule has 1 aromatic carbocycles. The Hall–Kier alpha value is -3.48. The predicted molar refractivity (Wildman–Crippen MR) is 99.3 cm³/mol. The molecule has 0 unspecified atom stereocenters. The largest absolute Gasteiger partial charge is 0.481 e. The average Bonchev–Trinajstić information content (AvgIpc) is 3.00. The van der Waals surface area contributed by atoms with E-state index in [0.29, 0.717) is 28.4 Å². The van der Waals surface area contributed by atoms with Gasteiger partial charge in [0.15, 0.2) is 11.5 Å². The number of aromatic nitrogens is 4. The Kier molecular flexibility index (Phi) is 3.76. The molecule has 0 saturated heterocycles.